The monoisotopic (exact) mass is 300 g/mol. The minimum atomic E-state index is -2.90. The summed E-state index contributed by atoms with van der Waals surface area (Å²) in [5.41, 5.74) is 0. The van der Waals surface area contributed by atoms with Gasteiger partial charge in [-0.2, -0.15) is 0 Å². The number of piperidine rings is 1. The third-order valence-corrected chi connectivity index (χ3v) is 6.93. The molecule has 1 N–H and O–H groups in total. The van der Waals surface area contributed by atoms with Crippen LogP contribution in [0.1, 0.15) is 44.9 Å². The Kier molecular flexibility index (Phi) is 4.39. The zero-order valence-electron chi connectivity index (χ0n) is 12.6. The molecule has 0 aromatic heterocycles. The van der Waals surface area contributed by atoms with Gasteiger partial charge in [-0.3, -0.25) is 4.90 Å². The van der Waals surface area contributed by atoms with E-state index in [-0.39, 0.29) is 5.25 Å². The van der Waals surface area contributed by atoms with Crippen LogP contribution in [0.3, 0.4) is 0 Å². The lowest BCUT2D eigenvalue weighted by Crippen LogP contribution is -2.48. The third-order valence-electron chi connectivity index (χ3n) is 5.28. The number of nitrogens with zero attached hydrogens (tertiary/aromatic N) is 1. The molecule has 116 valence electrons. The Bertz CT molecular complexity index is 427. The maximum atomic E-state index is 12.0. The molecule has 0 amide bonds. The van der Waals surface area contributed by atoms with Crippen LogP contribution >= 0.6 is 0 Å². The fraction of sp³-hybridized carbons (Fsp3) is 1.00. The maximum absolute atomic E-state index is 12.0. The smallest absolute Gasteiger partial charge is 0.151 e. The molecule has 20 heavy (non-hydrogen) atoms. The minimum Gasteiger partial charge on any atom is -0.316 e. The molecule has 3 aliphatic rings. The van der Waals surface area contributed by atoms with Crippen LogP contribution in [0.15, 0.2) is 0 Å². The Balaban J connectivity index is 1.69. The molecule has 0 aromatic carbocycles. The highest BCUT2D eigenvalue weighted by atomic mass is 32.2. The number of hydrogen-bond donors (Lipinski definition) is 1. The van der Waals surface area contributed by atoms with Crippen LogP contribution in [0.4, 0.5) is 0 Å². The van der Waals surface area contributed by atoms with Gasteiger partial charge in [0, 0.05) is 24.9 Å². The van der Waals surface area contributed by atoms with Crippen molar-refractivity contribution in [2.75, 3.05) is 25.9 Å². The summed E-state index contributed by atoms with van der Waals surface area (Å²) < 4.78 is 24.1. The zero-order valence-corrected chi connectivity index (χ0v) is 13.4. The van der Waals surface area contributed by atoms with E-state index in [0.29, 0.717) is 18.0 Å². The van der Waals surface area contributed by atoms with Crippen molar-refractivity contribution in [1.82, 2.24) is 10.2 Å². The van der Waals surface area contributed by atoms with Gasteiger partial charge in [-0.1, -0.05) is 6.42 Å². The molecule has 1 saturated heterocycles. The van der Waals surface area contributed by atoms with Gasteiger partial charge in [0.25, 0.3) is 0 Å². The number of hydrogen-bond acceptors (Lipinski definition) is 4. The van der Waals surface area contributed by atoms with Crippen molar-refractivity contribution in [1.29, 1.82) is 0 Å². The largest absolute Gasteiger partial charge is 0.316 e. The van der Waals surface area contributed by atoms with Crippen molar-refractivity contribution in [2.24, 2.45) is 5.92 Å². The summed E-state index contributed by atoms with van der Waals surface area (Å²) in [7, 11) is -2.90. The number of sulfone groups is 1. The van der Waals surface area contributed by atoms with Gasteiger partial charge in [0.1, 0.15) is 0 Å². The van der Waals surface area contributed by atoms with Gasteiger partial charge in [-0.25, -0.2) is 8.42 Å². The molecule has 5 heteroatoms. The van der Waals surface area contributed by atoms with Gasteiger partial charge in [0.2, 0.25) is 0 Å². The standard InChI is InChI=1S/C15H28N2O2S/c1-20(18,19)15-6-2-5-14(15)17(13-7-8-13)11-12-4-3-9-16-10-12/h12-16H,2-11H2,1H3. The molecule has 4 nitrogen and oxygen atoms in total. The van der Waals surface area contributed by atoms with Crippen molar-refractivity contribution < 1.29 is 8.42 Å². The van der Waals surface area contributed by atoms with Crippen molar-refractivity contribution >= 4 is 9.84 Å². The molecule has 0 bridgehead atoms. The van der Waals surface area contributed by atoms with Gasteiger partial charge in [-0.05, 0) is 57.5 Å². The van der Waals surface area contributed by atoms with Crippen LogP contribution in [0.5, 0.6) is 0 Å². The Hall–Kier alpha value is -0.130. The second kappa shape index (κ2) is 5.93. The van der Waals surface area contributed by atoms with Gasteiger partial charge < -0.3 is 5.32 Å². The molecule has 0 aromatic rings. The lowest BCUT2D eigenvalue weighted by atomic mass is 9.98. The van der Waals surface area contributed by atoms with Crippen LogP contribution in [0.2, 0.25) is 0 Å². The SMILES string of the molecule is CS(=O)(=O)C1CCCC1N(CC1CCCNC1)C1CC1. The predicted octanol–water partition coefficient (Wildman–Crippen LogP) is 1.42. The van der Waals surface area contributed by atoms with E-state index in [4.69, 9.17) is 0 Å². The number of rotatable bonds is 5. The molecule has 1 aliphatic heterocycles. The lowest BCUT2D eigenvalue weighted by Gasteiger charge is -2.36. The molecule has 0 radical (unpaired) electrons. The van der Waals surface area contributed by atoms with Crippen molar-refractivity contribution in [3.8, 4) is 0 Å². The van der Waals surface area contributed by atoms with E-state index < -0.39 is 9.84 Å². The Labute approximate surface area is 123 Å². The molecule has 3 rings (SSSR count). The topological polar surface area (TPSA) is 49.4 Å². The Morgan fingerprint density at radius 1 is 1.10 bits per heavy atom. The highest BCUT2D eigenvalue weighted by Gasteiger charge is 2.44. The Morgan fingerprint density at radius 2 is 1.90 bits per heavy atom. The summed E-state index contributed by atoms with van der Waals surface area (Å²) in [5.74, 6) is 0.713. The van der Waals surface area contributed by atoms with E-state index >= 15 is 0 Å². The fourth-order valence-corrected chi connectivity index (χ4v) is 5.58. The molecule has 2 saturated carbocycles. The maximum Gasteiger partial charge on any atom is 0.151 e. The first-order chi connectivity index (χ1) is 9.55. The molecule has 0 spiro atoms. The fourth-order valence-electron chi connectivity index (χ4n) is 4.12. The van der Waals surface area contributed by atoms with Crippen molar-refractivity contribution in [3.63, 3.8) is 0 Å². The molecular weight excluding hydrogens is 272 g/mol. The van der Waals surface area contributed by atoms with E-state index in [1.807, 2.05) is 0 Å². The van der Waals surface area contributed by atoms with Crippen molar-refractivity contribution in [2.45, 2.75) is 62.3 Å². The van der Waals surface area contributed by atoms with Gasteiger partial charge in [-0.15, -0.1) is 0 Å². The van der Waals surface area contributed by atoms with E-state index in [1.165, 1.54) is 31.9 Å². The normalized spacial score (nSPS) is 35.6. The predicted molar refractivity (Wildman–Crippen MR) is 81.6 cm³/mol. The zero-order chi connectivity index (χ0) is 14.2. The average Bonchev–Trinajstić information content (AvgIpc) is 3.12. The molecular formula is C15H28N2O2S. The molecule has 2 aliphatic carbocycles. The first kappa shape index (κ1) is 14.8. The van der Waals surface area contributed by atoms with Crippen LogP contribution in [0.25, 0.3) is 0 Å². The van der Waals surface area contributed by atoms with Crippen LogP contribution in [-0.2, 0) is 9.84 Å². The quantitative estimate of drug-likeness (QED) is 0.834. The average molecular weight is 300 g/mol. The van der Waals surface area contributed by atoms with Gasteiger partial charge >= 0.3 is 0 Å². The van der Waals surface area contributed by atoms with E-state index in [9.17, 15) is 8.42 Å². The van der Waals surface area contributed by atoms with Crippen LogP contribution in [-0.4, -0.2) is 56.5 Å². The van der Waals surface area contributed by atoms with E-state index in [0.717, 1.165) is 38.9 Å². The van der Waals surface area contributed by atoms with Gasteiger partial charge in [0.15, 0.2) is 9.84 Å². The first-order valence-electron chi connectivity index (χ1n) is 8.21. The summed E-state index contributed by atoms with van der Waals surface area (Å²) in [6.45, 7) is 3.36. The summed E-state index contributed by atoms with van der Waals surface area (Å²) in [6, 6.07) is 0.962. The van der Waals surface area contributed by atoms with Crippen LogP contribution in [0, 0.1) is 5.92 Å². The van der Waals surface area contributed by atoms with Crippen LogP contribution < -0.4 is 5.32 Å². The number of nitrogens with one attached hydrogen (secondary N) is 1. The molecule has 3 atom stereocenters. The third kappa shape index (κ3) is 3.37. The molecule has 3 fully saturated rings. The highest BCUT2D eigenvalue weighted by molar-refractivity contribution is 7.91. The molecule has 3 unspecified atom stereocenters. The van der Waals surface area contributed by atoms with Crippen molar-refractivity contribution in [3.05, 3.63) is 0 Å². The summed E-state index contributed by atoms with van der Waals surface area (Å²) in [6.07, 6.45) is 9.57. The molecule has 1 heterocycles. The second-order valence-corrected chi connectivity index (χ2v) is 9.27. The highest BCUT2D eigenvalue weighted by Crippen LogP contribution is 2.37. The second-order valence-electron chi connectivity index (χ2n) is 7.01. The van der Waals surface area contributed by atoms with E-state index in [1.54, 1.807) is 0 Å². The van der Waals surface area contributed by atoms with E-state index in [2.05, 4.69) is 10.2 Å². The summed E-state index contributed by atoms with van der Waals surface area (Å²) in [4.78, 5) is 2.58. The minimum absolute atomic E-state index is 0.111. The first-order valence-corrected chi connectivity index (χ1v) is 10.2. The Morgan fingerprint density at radius 3 is 2.50 bits per heavy atom. The van der Waals surface area contributed by atoms with Gasteiger partial charge in [0.05, 0.1) is 5.25 Å². The lowest BCUT2D eigenvalue weighted by molar-refractivity contribution is 0.147. The summed E-state index contributed by atoms with van der Waals surface area (Å²) in [5, 5.41) is 3.38. The summed E-state index contributed by atoms with van der Waals surface area (Å²) >= 11 is 0.